The van der Waals surface area contributed by atoms with E-state index in [4.69, 9.17) is 0 Å². The van der Waals surface area contributed by atoms with E-state index in [1.165, 1.54) is 24.9 Å². The van der Waals surface area contributed by atoms with E-state index in [9.17, 15) is 4.79 Å². The maximum atomic E-state index is 12.2. The molecule has 2 saturated heterocycles. The summed E-state index contributed by atoms with van der Waals surface area (Å²) in [5.74, 6) is 2.74. The molecule has 2 heterocycles. The van der Waals surface area contributed by atoms with Gasteiger partial charge in [0.05, 0.1) is 0 Å². The normalized spacial score (nSPS) is 22.3. The van der Waals surface area contributed by atoms with Crippen LogP contribution in [0.3, 0.4) is 0 Å². The summed E-state index contributed by atoms with van der Waals surface area (Å²) in [5, 5.41) is 3.17. The number of rotatable bonds is 5. The van der Waals surface area contributed by atoms with Crippen LogP contribution in [0, 0.1) is 5.92 Å². The molecule has 132 valence electrons. The molecule has 4 nitrogen and oxygen atoms in total. The summed E-state index contributed by atoms with van der Waals surface area (Å²) in [6, 6.07) is 10.9. The number of likely N-dealkylation sites (tertiary alicyclic amines) is 1. The number of benzene rings is 1. The number of nitrogens with one attached hydrogen (secondary N) is 1. The molecule has 0 unspecified atom stereocenters. The number of hydrogen-bond donors (Lipinski definition) is 1. The third-order valence-corrected chi connectivity index (χ3v) is 5.95. The Hall–Kier alpha value is -1.20. The minimum atomic E-state index is 0.136. The smallest absolute Gasteiger partial charge is 0.317 e. The molecule has 1 N–H and O–H groups in total. The Morgan fingerprint density at radius 2 is 1.96 bits per heavy atom. The van der Waals surface area contributed by atoms with Gasteiger partial charge in [-0.25, -0.2) is 4.79 Å². The van der Waals surface area contributed by atoms with Crippen molar-refractivity contribution in [2.45, 2.75) is 19.3 Å². The van der Waals surface area contributed by atoms with Crippen LogP contribution >= 0.6 is 11.8 Å². The molecule has 1 aromatic rings. The fourth-order valence-corrected chi connectivity index (χ4v) is 4.47. The zero-order valence-electron chi connectivity index (χ0n) is 14.5. The van der Waals surface area contributed by atoms with Crippen LogP contribution in [-0.4, -0.2) is 66.6 Å². The Labute approximate surface area is 150 Å². The van der Waals surface area contributed by atoms with Crippen molar-refractivity contribution in [2.24, 2.45) is 5.92 Å². The molecule has 0 aliphatic carbocycles. The summed E-state index contributed by atoms with van der Waals surface area (Å²) in [6.07, 6.45) is 3.60. The average Bonchev–Trinajstić information content (AvgIpc) is 2.66. The van der Waals surface area contributed by atoms with Crippen molar-refractivity contribution in [3.63, 3.8) is 0 Å². The van der Waals surface area contributed by atoms with E-state index >= 15 is 0 Å². The van der Waals surface area contributed by atoms with Gasteiger partial charge in [-0.2, -0.15) is 11.8 Å². The molecule has 5 heteroatoms. The van der Waals surface area contributed by atoms with E-state index in [0.29, 0.717) is 5.92 Å². The fraction of sp³-hybridized carbons (Fsp3) is 0.632. The van der Waals surface area contributed by atoms with Crippen molar-refractivity contribution >= 4 is 17.8 Å². The van der Waals surface area contributed by atoms with Gasteiger partial charge >= 0.3 is 6.03 Å². The molecule has 2 aliphatic rings. The highest BCUT2D eigenvalue weighted by Crippen LogP contribution is 2.17. The lowest BCUT2D eigenvalue weighted by Gasteiger charge is -2.33. The van der Waals surface area contributed by atoms with E-state index in [-0.39, 0.29) is 6.03 Å². The van der Waals surface area contributed by atoms with Crippen LogP contribution in [0.4, 0.5) is 4.79 Å². The molecule has 1 aromatic carbocycles. The minimum Gasteiger partial charge on any atom is -0.338 e. The largest absolute Gasteiger partial charge is 0.338 e. The lowest BCUT2D eigenvalue weighted by Crippen LogP contribution is -2.47. The van der Waals surface area contributed by atoms with Gasteiger partial charge in [-0.3, -0.25) is 0 Å². The highest BCUT2D eigenvalue weighted by molar-refractivity contribution is 7.99. The number of carbonyl (C=O) groups is 1. The molecule has 1 atom stereocenters. The monoisotopic (exact) mass is 347 g/mol. The van der Waals surface area contributed by atoms with Gasteiger partial charge < -0.3 is 15.1 Å². The maximum Gasteiger partial charge on any atom is 0.317 e. The number of piperidine rings is 1. The number of thioether (sulfide) groups is 1. The van der Waals surface area contributed by atoms with Gasteiger partial charge in [0.1, 0.15) is 0 Å². The lowest BCUT2D eigenvalue weighted by atomic mass is 9.97. The van der Waals surface area contributed by atoms with Crippen LogP contribution in [0.2, 0.25) is 0 Å². The SMILES string of the molecule is O=C(NC[C@H]1CCCN(CCc2ccccc2)C1)N1CCSCC1. The van der Waals surface area contributed by atoms with Crippen LogP contribution in [0.1, 0.15) is 18.4 Å². The zero-order valence-corrected chi connectivity index (χ0v) is 15.3. The molecular weight excluding hydrogens is 318 g/mol. The summed E-state index contributed by atoms with van der Waals surface area (Å²) in [5.41, 5.74) is 1.41. The number of urea groups is 1. The predicted molar refractivity (Wildman–Crippen MR) is 102 cm³/mol. The Bertz CT molecular complexity index is 505. The molecule has 2 fully saturated rings. The van der Waals surface area contributed by atoms with Gasteiger partial charge in [0.2, 0.25) is 0 Å². The molecule has 3 rings (SSSR count). The standard InChI is InChI=1S/C19H29N3OS/c23-19(22-11-13-24-14-12-22)20-15-18-7-4-9-21(16-18)10-8-17-5-2-1-3-6-17/h1-3,5-6,18H,4,7-16H2,(H,20,23)/t18-/m1/s1. The third kappa shape index (κ3) is 5.42. The highest BCUT2D eigenvalue weighted by atomic mass is 32.2. The summed E-state index contributed by atoms with van der Waals surface area (Å²) < 4.78 is 0. The predicted octanol–water partition coefficient (Wildman–Crippen LogP) is 2.70. The Balaban J connectivity index is 1.38. The number of nitrogens with zero attached hydrogens (tertiary/aromatic N) is 2. The second kappa shape index (κ2) is 9.33. The van der Waals surface area contributed by atoms with Crippen LogP contribution in [0.15, 0.2) is 30.3 Å². The molecular formula is C19H29N3OS. The summed E-state index contributed by atoms with van der Waals surface area (Å²) >= 11 is 1.94. The second-order valence-electron chi connectivity index (χ2n) is 6.83. The van der Waals surface area contributed by atoms with Crippen molar-refractivity contribution < 1.29 is 4.79 Å². The van der Waals surface area contributed by atoms with Crippen LogP contribution in [0.5, 0.6) is 0 Å². The zero-order chi connectivity index (χ0) is 16.6. The first-order chi connectivity index (χ1) is 11.8. The Morgan fingerprint density at radius 1 is 1.17 bits per heavy atom. The van der Waals surface area contributed by atoms with Gasteiger partial charge in [-0.05, 0) is 37.3 Å². The van der Waals surface area contributed by atoms with Gasteiger partial charge in [-0.15, -0.1) is 0 Å². The fourth-order valence-electron chi connectivity index (χ4n) is 3.56. The molecule has 0 radical (unpaired) electrons. The van der Waals surface area contributed by atoms with Gasteiger partial charge in [0.25, 0.3) is 0 Å². The number of hydrogen-bond acceptors (Lipinski definition) is 3. The topological polar surface area (TPSA) is 35.6 Å². The lowest BCUT2D eigenvalue weighted by molar-refractivity contribution is 0.167. The molecule has 0 saturated carbocycles. The van der Waals surface area contributed by atoms with E-state index in [1.807, 2.05) is 16.7 Å². The van der Waals surface area contributed by atoms with Crippen LogP contribution < -0.4 is 5.32 Å². The minimum absolute atomic E-state index is 0.136. The Kier molecular flexibility index (Phi) is 6.85. The van der Waals surface area contributed by atoms with E-state index in [1.54, 1.807) is 0 Å². The van der Waals surface area contributed by atoms with Crippen molar-refractivity contribution in [1.82, 2.24) is 15.1 Å². The molecule has 2 aliphatic heterocycles. The molecule has 24 heavy (non-hydrogen) atoms. The molecule has 0 aromatic heterocycles. The average molecular weight is 348 g/mol. The third-order valence-electron chi connectivity index (χ3n) is 5.00. The summed E-state index contributed by atoms with van der Waals surface area (Å²) in [4.78, 5) is 16.8. The van der Waals surface area contributed by atoms with Gasteiger partial charge in [0.15, 0.2) is 0 Å². The van der Waals surface area contributed by atoms with Crippen molar-refractivity contribution in [3.8, 4) is 0 Å². The summed E-state index contributed by atoms with van der Waals surface area (Å²) in [7, 11) is 0. The Morgan fingerprint density at radius 3 is 2.75 bits per heavy atom. The first-order valence-corrected chi connectivity index (χ1v) is 10.3. The van der Waals surface area contributed by atoms with Gasteiger partial charge in [0, 0.05) is 44.2 Å². The molecule has 0 spiro atoms. The first kappa shape index (κ1) is 17.6. The number of amides is 2. The number of carbonyl (C=O) groups excluding carboxylic acids is 1. The molecule has 2 amide bonds. The van der Waals surface area contributed by atoms with E-state index < -0.39 is 0 Å². The van der Waals surface area contributed by atoms with Crippen LogP contribution in [-0.2, 0) is 6.42 Å². The highest BCUT2D eigenvalue weighted by Gasteiger charge is 2.22. The van der Waals surface area contributed by atoms with Gasteiger partial charge in [-0.1, -0.05) is 30.3 Å². The summed E-state index contributed by atoms with van der Waals surface area (Å²) in [6.45, 7) is 6.04. The van der Waals surface area contributed by atoms with Crippen molar-refractivity contribution in [2.75, 3.05) is 50.8 Å². The van der Waals surface area contributed by atoms with E-state index in [2.05, 4.69) is 40.5 Å². The second-order valence-corrected chi connectivity index (χ2v) is 8.05. The quantitative estimate of drug-likeness (QED) is 0.889. The van der Waals surface area contributed by atoms with Crippen LogP contribution in [0.25, 0.3) is 0 Å². The molecule has 0 bridgehead atoms. The maximum absolute atomic E-state index is 12.2. The first-order valence-electron chi connectivity index (χ1n) is 9.18. The van der Waals surface area contributed by atoms with Crippen molar-refractivity contribution in [3.05, 3.63) is 35.9 Å². The van der Waals surface area contributed by atoms with Crippen molar-refractivity contribution in [1.29, 1.82) is 0 Å². The van der Waals surface area contributed by atoms with E-state index in [0.717, 1.165) is 50.7 Å².